The molecule has 0 radical (unpaired) electrons. The minimum atomic E-state index is 0.262. The van der Waals surface area contributed by atoms with Gasteiger partial charge in [-0.15, -0.1) is 0 Å². The smallest absolute Gasteiger partial charge is 0.231 e. The van der Waals surface area contributed by atoms with Crippen LogP contribution in [0.2, 0.25) is 0 Å². The first kappa shape index (κ1) is 12.0. The summed E-state index contributed by atoms with van der Waals surface area (Å²) in [6.07, 6.45) is 1.49. The lowest BCUT2D eigenvalue weighted by atomic mass is 10.2. The zero-order valence-electron chi connectivity index (χ0n) is 11.8. The molecule has 0 aliphatic carbocycles. The van der Waals surface area contributed by atoms with Crippen LogP contribution < -0.4 is 15.2 Å². The molecule has 2 N–H and O–H groups in total. The van der Waals surface area contributed by atoms with E-state index in [0.29, 0.717) is 5.82 Å². The molecule has 0 bridgehead atoms. The van der Waals surface area contributed by atoms with Gasteiger partial charge in [-0.3, -0.25) is 4.57 Å². The molecule has 0 unspecified atom stereocenters. The van der Waals surface area contributed by atoms with Crippen molar-refractivity contribution < 1.29 is 9.47 Å². The number of aryl methyl sites for hydroxylation is 1. The quantitative estimate of drug-likeness (QED) is 0.741. The van der Waals surface area contributed by atoms with Gasteiger partial charge in [0.25, 0.3) is 0 Å². The predicted octanol–water partition coefficient (Wildman–Crippen LogP) is 2.35. The average molecular weight is 282 g/mol. The molecule has 21 heavy (non-hydrogen) atoms. The van der Waals surface area contributed by atoms with Crippen LogP contribution in [0.4, 0.5) is 5.82 Å². The normalized spacial score (nSPS) is 13.0. The Bertz CT molecular complexity index is 870. The average Bonchev–Trinajstić information content (AvgIpc) is 3.03. The van der Waals surface area contributed by atoms with Crippen LogP contribution in [-0.4, -0.2) is 21.3 Å². The second kappa shape index (κ2) is 4.12. The number of rotatable bonds is 1. The molecule has 0 amide bonds. The van der Waals surface area contributed by atoms with Gasteiger partial charge in [0.05, 0.1) is 11.1 Å². The number of ether oxygens (including phenoxy) is 2. The molecule has 1 aromatic carbocycles. The molecule has 0 spiro atoms. The van der Waals surface area contributed by atoms with Gasteiger partial charge in [0.1, 0.15) is 12.1 Å². The highest BCUT2D eigenvalue weighted by atomic mass is 16.7. The van der Waals surface area contributed by atoms with Crippen molar-refractivity contribution in [2.75, 3.05) is 12.5 Å². The van der Waals surface area contributed by atoms with Crippen LogP contribution >= 0.6 is 0 Å². The summed E-state index contributed by atoms with van der Waals surface area (Å²) in [5, 5.41) is 0.896. The van der Waals surface area contributed by atoms with Gasteiger partial charge in [0, 0.05) is 11.8 Å². The van der Waals surface area contributed by atoms with E-state index in [1.54, 1.807) is 0 Å². The SMILES string of the molecule is Cc1c(C)n(-c2ccc3c(c2)OCO3)c2ncnc(N)c12. The molecule has 2 aromatic heterocycles. The van der Waals surface area contributed by atoms with E-state index in [0.717, 1.165) is 39.5 Å². The molecule has 6 nitrogen and oxygen atoms in total. The first-order chi connectivity index (χ1) is 10.2. The van der Waals surface area contributed by atoms with Crippen LogP contribution in [0.5, 0.6) is 11.5 Å². The third-order valence-corrected chi connectivity index (χ3v) is 3.94. The lowest BCUT2D eigenvalue weighted by Gasteiger charge is -2.08. The molecule has 0 atom stereocenters. The van der Waals surface area contributed by atoms with Crippen molar-refractivity contribution >= 4 is 16.9 Å². The molecule has 106 valence electrons. The topological polar surface area (TPSA) is 75.2 Å². The van der Waals surface area contributed by atoms with Crippen LogP contribution in [0.15, 0.2) is 24.5 Å². The lowest BCUT2D eigenvalue weighted by Crippen LogP contribution is -1.99. The maximum absolute atomic E-state index is 6.00. The van der Waals surface area contributed by atoms with Crippen molar-refractivity contribution in [2.45, 2.75) is 13.8 Å². The van der Waals surface area contributed by atoms with E-state index in [1.165, 1.54) is 6.33 Å². The minimum absolute atomic E-state index is 0.262. The third kappa shape index (κ3) is 1.59. The van der Waals surface area contributed by atoms with Crippen molar-refractivity contribution in [3.05, 3.63) is 35.8 Å². The van der Waals surface area contributed by atoms with Crippen LogP contribution in [0.3, 0.4) is 0 Å². The molecule has 0 fully saturated rings. The van der Waals surface area contributed by atoms with Crippen molar-refractivity contribution in [1.29, 1.82) is 0 Å². The number of hydrogen-bond acceptors (Lipinski definition) is 5. The highest BCUT2D eigenvalue weighted by Gasteiger charge is 2.19. The molecule has 6 heteroatoms. The van der Waals surface area contributed by atoms with Gasteiger partial charge >= 0.3 is 0 Å². The highest BCUT2D eigenvalue weighted by Crippen LogP contribution is 2.36. The van der Waals surface area contributed by atoms with Gasteiger partial charge in [0.15, 0.2) is 17.1 Å². The summed E-state index contributed by atoms with van der Waals surface area (Å²) < 4.78 is 12.9. The zero-order chi connectivity index (χ0) is 14.6. The van der Waals surface area contributed by atoms with Crippen molar-refractivity contribution in [3.8, 4) is 17.2 Å². The Balaban J connectivity index is 2.03. The van der Waals surface area contributed by atoms with Gasteiger partial charge in [0.2, 0.25) is 6.79 Å². The summed E-state index contributed by atoms with van der Waals surface area (Å²) in [6.45, 7) is 4.33. The summed E-state index contributed by atoms with van der Waals surface area (Å²) in [7, 11) is 0. The second-order valence-corrected chi connectivity index (χ2v) is 5.04. The number of hydrogen-bond donors (Lipinski definition) is 1. The predicted molar refractivity (Wildman–Crippen MR) is 78.9 cm³/mol. The molecule has 3 heterocycles. The second-order valence-electron chi connectivity index (χ2n) is 5.04. The molecule has 1 aliphatic rings. The third-order valence-electron chi connectivity index (χ3n) is 3.94. The van der Waals surface area contributed by atoms with Crippen LogP contribution in [0, 0.1) is 13.8 Å². The summed E-state index contributed by atoms with van der Waals surface area (Å²) in [5.74, 6) is 2.01. The monoisotopic (exact) mass is 282 g/mol. The number of anilines is 1. The van der Waals surface area contributed by atoms with Crippen LogP contribution in [0.1, 0.15) is 11.3 Å². The molecular formula is C15H14N4O2. The van der Waals surface area contributed by atoms with E-state index in [1.807, 2.05) is 32.0 Å². The molecule has 1 aliphatic heterocycles. The molecule has 0 saturated heterocycles. The fraction of sp³-hybridized carbons (Fsp3) is 0.200. The molecule has 0 saturated carbocycles. The first-order valence-electron chi connectivity index (χ1n) is 6.65. The Morgan fingerprint density at radius 2 is 1.95 bits per heavy atom. The summed E-state index contributed by atoms with van der Waals surface area (Å²) >= 11 is 0. The Hall–Kier alpha value is -2.76. The van der Waals surface area contributed by atoms with E-state index >= 15 is 0 Å². The number of fused-ring (bicyclic) bond motifs is 2. The first-order valence-corrected chi connectivity index (χ1v) is 6.65. The van der Waals surface area contributed by atoms with E-state index < -0.39 is 0 Å². The van der Waals surface area contributed by atoms with Crippen molar-refractivity contribution in [3.63, 3.8) is 0 Å². The molecule has 4 rings (SSSR count). The Morgan fingerprint density at radius 3 is 2.81 bits per heavy atom. The summed E-state index contributed by atoms with van der Waals surface area (Å²) in [5.41, 5.74) is 9.93. The summed E-state index contributed by atoms with van der Waals surface area (Å²) in [6, 6.07) is 5.84. The minimum Gasteiger partial charge on any atom is -0.454 e. The van der Waals surface area contributed by atoms with Gasteiger partial charge in [-0.05, 0) is 31.5 Å². The maximum Gasteiger partial charge on any atom is 0.231 e. The Morgan fingerprint density at radius 1 is 1.14 bits per heavy atom. The molecular weight excluding hydrogens is 268 g/mol. The maximum atomic E-state index is 6.00. The lowest BCUT2D eigenvalue weighted by molar-refractivity contribution is 0.174. The highest BCUT2D eigenvalue weighted by molar-refractivity contribution is 5.92. The van der Waals surface area contributed by atoms with Gasteiger partial charge < -0.3 is 15.2 Å². The largest absolute Gasteiger partial charge is 0.454 e. The fourth-order valence-electron chi connectivity index (χ4n) is 2.77. The van der Waals surface area contributed by atoms with E-state index in [4.69, 9.17) is 15.2 Å². The fourth-order valence-corrected chi connectivity index (χ4v) is 2.77. The zero-order valence-corrected chi connectivity index (χ0v) is 11.8. The number of benzene rings is 1. The number of nitrogens with zero attached hydrogens (tertiary/aromatic N) is 3. The number of aromatic nitrogens is 3. The summed E-state index contributed by atoms with van der Waals surface area (Å²) in [4.78, 5) is 8.48. The standard InChI is InChI=1S/C15H14N4O2/c1-8-9(2)19(15-13(8)14(16)17-6-18-15)10-3-4-11-12(5-10)21-7-20-11/h3-6H,7H2,1-2H3,(H2,16,17,18). The number of nitrogen functional groups attached to an aromatic ring is 1. The van der Waals surface area contributed by atoms with Crippen molar-refractivity contribution in [2.24, 2.45) is 0 Å². The van der Waals surface area contributed by atoms with E-state index in [2.05, 4.69) is 14.5 Å². The van der Waals surface area contributed by atoms with E-state index in [9.17, 15) is 0 Å². The van der Waals surface area contributed by atoms with Crippen LogP contribution in [-0.2, 0) is 0 Å². The molecule has 3 aromatic rings. The van der Waals surface area contributed by atoms with Gasteiger partial charge in [-0.25, -0.2) is 9.97 Å². The number of nitrogens with two attached hydrogens (primary N) is 1. The van der Waals surface area contributed by atoms with Crippen LogP contribution in [0.25, 0.3) is 16.7 Å². The van der Waals surface area contributed by atoms with Gasteiger partial charge in [-0.2, -0.15) is 0 Å². The van der Waals surface area contributed by atoms with Crippen molar-refractivity contribution in [1.82, 2.24) is 14.5 Å². The van der Waals surface area contributed by atoms with Gasteiger partial charge in [-0.1, -0.05) is 0 Å². The Kier molecular flexibility index (Phi) is 2.35. The van der Waals surface area contributed by atoms with E-state index in [-0.39, 0.29) is 6.79 Å². The Labute approximate surface area is 121 Å².